The Hall–Kier alpha value is -1.96. The lowest BCUT2D eigenvalue weighted by molar-refractivity contribution is -0.131. The van der Waals surface area contributed by atoms with Gasteiger partial charge in [0.15, 0.2) is 0 Å². The summed E-state index contributed by atoms with van der Waals surface area (Å²) in [4.78, 5) is 13.6. The van der Waals surface area contributed by atoms with Gasteiger partial charge in [-0.15, -0.1) is 0 Å². The highest BCUT2D eigenvalue weighted by molar-refractivity contribution is 6.31. The predicted molar refractivity (Wildman–Crippen MR) is 81.3 cm³/mol. The van der Waals surface area contributed by atoms with Crippen LogP contribution < -0.4 is 0 Å². The lowest BCUT2D eigenvalue weighted by atomic mass is 10.3. The Bertz CT molecular complexity index is 697. The number of amides is 1. The second-order valence-corrected chi connectivity index (χ2v) is 5.61. The van der Waals surface area contributed by atoms with Gasteiger partial charge in [0.2, 0.25) is 5.91 Å². The first-order valence-electron chi connectivity index (χ1n) is 7.10. The zero-order valence-corrected chi connectivity index (χ0v) is 13.9. The maximum Gasteiger partial charge on any atom is 0.280 e. The summed E-state index contributed by atoms with van der Waals surface area (Å²) in [7, 11) is 1.57. The maximum absolute atomic E-state index is 12.9. The quantitative estimate of drug-likeness (QED) is 0.808. The van der Waals surface area contributed by atoms with Gasteiger partial charge in [0.1, 0.15) is 17.9 Å². The zero-order valence-electron chi connectivity index (χ0n) is 13.1. The minimum Gasteiger partial charge on any atom is -0.338 e. The number of rotatable bonds is 6. The Labute approximate surface area is 137 Å². The van der Waals surface area contributed by atoms with Crippen LogP contribution in [0.25, 0.3) is 0 Å². The van der Waals surface area contributed by atoms with Crippen molar-refractivity contribution in [2.75, 3.05) is 7.05 Å². The van der Waals surface area contributed by atoms with Gasteiger partial charge in [-0.2, -0.15) is 10.2 Å². The Morgan fingerprint density at radius 1 is 1.43 bits per heavy atom. The van der Waals surface area contributed by atoms with E-state index in [1.165, 1.54) is 11.0 Å². The molecule has 0 aliphatic heterocycles. The molecule has 0 atom stereocenters. The topological polar surface area (TPSA) is 56.0 Å². The first-order valence-corrected chi connectivity index (χ1v) is 7.47. The van der Waals surface area contributed by atoms with E-state index in [0.29, 0.717) is 23.0 Å². The standard InChI is InChI=1S/C14H18ClF2N5O/c1-4-21-6-10(15)11(19-21)7-20(3)13(23)8-22-12(14(16)17)5-9(2)18-22/h5-6,14H,4,7-8H2,1-3H3. The van der Waals surface area contributed by atoms with E-state index < -0.39 is 6.43 Å². The summed E-state index contributed by atoms with van der Waals surface area (Å²) < 4.78 is 28.5. The molecule has 6 nitrogen and oxygen atoms in total. The fourth-order valence-corrected chi connectivity index (χ4v) is 2.35. The van der Waals surface area contributed by atoms with Crippen molar-refractivity contribution in [1.29, 1.82) is 0 Å². The normalized spacial score (nSPS) is 11.3. The van der Waals surface area contributed by atoms with E-state index in [0.717, 1.165) is 4.68 Å². The van der Waals surface area contributed by atoms with Gasteiger partial charge in [0.25, 0.3) is 6.43 Å². The molecule has 0 bridgehead atoms. The highest BCUT2D eigenvalue weighted by Crippen LogP contribution is 2.20. The number of aryl methyl sites for hydroxylation is 2. The van der Waals surface area contributed by atoms with Crippen molar-refractivity contribution in [3.63, 3.8) is 0 Å². The molecule has 126 valence electrons. The second kappa shape index (κ2) is 7.08. The van der Waals surface area contributed by atoms with Gasteiger partial charge in [-0.1, -0.05) is 11.6 Å². The van der Waals surface area contributed by atoms with Gasteiger partial charge in [-0.25, -0.2) is 8.78 Å². The molecular weight excluding hydrogens is 328 g/mol. The summed E-state index contributed by atoms with van der Waals surface area (Å²) in [5, 5.41) is 8.66. The third-order valence-corrected chi connectivity index (χ3v) is 3.68. The van der Waals surface area contributed by atoms with Crippen LogP contribution >= 0.6 is 11.6 Å². The molecular formula is C14H18ClF2N5O. The number of likely N-dealkylation sites (N-methyl/N-ethyl adjacent to an activating group) is 1. The van der Waals surface area contributed by atoms with Crippen LogP contribution in [-0.4, -0.2) is 37.4 Å². The Balaban J connectivity index is 2.07. The number of hydrogen-bond acceptors (Lipinski definition) is 3. The van der Waals surface area contributed by atoms with E-state index >= 15 is 0 Å². The fraction of sp³-hybridized carbons (Fsp3) is 0.500. The van der Waals surface area contributed by atoms with Crippen molar-refractivity contribution < 1.29 is 13.6 Å². The van der Waals surface area contributed by atoms with Gasteiger partial charge in [0, 0.05) is 19.8 Å². The Morgan fingerprint density at radius 3 is 2.70 bits per heavy atom. The van der Waals surface area contributed by atoms with Crippen LogP contribution in [0.1, 0.15) is 30.4 Å². The van der Waals surface area contributed by atoms with Crippen molar-refractivity contribution in [3.05, 3.63) is 34.4 Å². The third kappa shape index (κ3) is 4.07. The number of aromatic nitrogens is 4. The van der Waals surface area contributed by atoms with Crippen molar-refractivity contribution in [2.24, 2.45) is 0 Å². The van der Waals surface area contributed by atoms with Gasteiger partial charge in [0.05, 0.1) is 17.3 Å². The number of halogens is 3. The van der Waals surface area contributed by atoms with Gasteiger partial charge < -0.3 is 4.90 Å². The molecule has 0 unspecified atom stereocenters. The molecule has 0 saturated carbocycles. The van der Waals surface area contributed by atoms with Crippen LogP contribution in [-0.2, 0) is 24.4 Å². The summed E-state index contributed by atoms with van der Waals surface area (Å²) in [6, 6.07) is 1.28. The van der Waals surface area contributed by atoms with Crippen molar-refractivity contribution in [2.45, 2.75) is 39.9 Å². The second-order valence-electron chi connectivity index (χ2n) is 5.20. The average molecular weight is 346 g/mol. The smallest absolute Gasteiger partial charge is 0.280 e. The number of carbonyl (C=O) groups is 1. The molecule has 1 amide bonds. The summed E-state index contributed by atoms with van der Waals surface area (Å²) in [5.74, 6) is -0.350. The largest absolute Gasteiger partial charge is 0.338 e. The monoisotopic (exact) mass is 345 g/mol. The number of hydrogen-bond donors (Lipinski definition) is 0. The van der Waals surface area contributed by atoms with Crippen LogP contribution in [0, 0.1) is 6.92 Å². The first-order chi connectivity index (χ1) is 10.8. The molecule has 0 aromatic carbocycles. The minimum atomic E-state index is -2.68. The molecule has 0 fully saturated rings. The average Bonchev–Trinajstić information content (AvgIpc) is 3.02. The first kappa shape index (κ1) is 17.4. The molecule has 0 saturated heterocycles. The SMILES string of the molecule is CCn1cc(Cl)c(CN(C)C(=O)Cn2nc(C)cc2C(F)F)n1. The highest BCUT2D eigenvalue weighted by atomic mass is 35.5. The fourth-order valence-electron chi connectivity index (χ4n) is 2.14. The number of nitrogens with zero attached hydrogens (tertiary/aromatic N) is 5. The van der Waals surface area contributed by atoms with Crippen molar-refractivity contribution in [3.8, 4) is 0 Å². The molecule has 0 aliphatic carbocycles. The maximum atomic E-state index is 12.9. The molecule has 0 spiro atoms. The van der Waals surface area contributed by atoms with E-state index in [2.05, 4.69) is 10.2 Å². The van der Waals surface area contributed by atoms with Gasteiger partial charge >= 0.3 is 0 Å². The van der Waals surface area contributed by atoms with Crippen molar-refractivity contribution >= 4 is 17.5 Å². The molecule has 2 aromatic heterocycles. The van der Waals surface area contributed by atoms with Crippen LogP contribution in [0.4, 0.5) is 8.78 Å². The Morgan fingerprint density at radius 2 is 2.13 bits per heavy atom. The van der Waals surface area contributed by atoms with E-state index in [4.69, 9.17) is 11.6 Å². The molecule has 9 heteroatoms. The van der Waals surface area contributed by atoms with Crippen LogP contribution in [0.3, 0.4) is 0 Å². The molecule has 0 aliphatic rings. The van der Waals surface area contributed by atoms with Crippen molar-refractivity contribution in [1.82, 2.24) is 24.5 Å². The summed E-state index contributed by atoms with van der Waals surface area (Å²) in [6.07, 6.45) is -0.995. The summed E-state index contributed by atoms with van der Waals surface area (Å²) in [6.45, 7) is 4.15. The molecule has 2 aromatic rings. The molecule has 0 N–H and O–H groups in total. The van der Waals surface area contributed by atoms with Crippen LogP contribution in [0.5, 0.6) is 0 Å². The molecule has 2 rings (SSSR count). The van der Waals surface area contributed by atoms with Gasteiger partial charge in [-0.05, 0) is 19.9 Å². The molecule has 2 heterocycles. The number of carbonyl (C=O) groups excluding carboxylic acids is 1. The Kier molecular flexibility index (Phi) is 5.35. The van der Waals surface area contributed by atoms with E-state index in [9.17, 15) is 13.6 Å². The predicted octanol–water partition coefficient (Wildman–Crippen LogP) is 2.66. The van der Waals surface area contributed by atoms with E-state index in [-0.39, 0.29) is 24.7 Å². The van der Waals surface area contributed by atoms with E-state index in [1.807, 2.05) is 6.92 Å². The summed E-state index contributed by atoms with van der Waals surface area (Å²) in [5.41, 5.74) is 0.744. The van der Waals surface area contributed by atoms with Crippen LogP contribution in [0.2, 0.25) is 5.02 Å². The molecule has 23 heavy (non-hydrogen) atoms. The minimum absolute atomic E-state index is 0.203. The van der Waals surface area contributed by atoms with Gasteiger partial charge in [-0.3, -0.25) is 14.2 Å². The highest BCUT2D eigenvalue weighted by Gasteiger charge is 2.20. The molecule has 0 radical (unpaired) electrons. The van der Waals surface area contributed by atoms with E-state index in [1.54, 1.807) is 24.9 Å². The zero-order chi connectivity index (χ0) is 17.1. The van der Waals surface area contributed by atoms with Crippen LogP contribution in [0.15, 0.2) is 12.3 Å². The lowest BCUT2D eigenvalue weighted by Crippen LogP contribution is -2.31. The third-order valence-electron chi connectivity index (χ3n) is 3.37. The number of alkyl halides is 2. The summed E-state index contributed by atoms with van der Waals surface area (Å²) >= 11 is 6.06. The lowest BCUT2D eigenvalue weighted by Gasteiger charge is -2.17.